The summed E-state index contributed by atoms with van der Waals surface area (Å²) in [6.07, 6.45) is 11.3. The van der Waals surface area contributed by atoms with E-state index in [1.165, 1.54) is 25.7 Å². The van der Waals surface area contributed by atoms with E-state index in [4.69, 9.17) is 5.73 Å². The molecule has 3 aliphatic rings. The van der Waals surface area contributed by atoms with Crippen LogP contribution in [0.25, 0.3) is 0 Å². The highest BCUT2D eigenvalue weighted by molar-refractivity contribution is 5.12. The number of allylic oxidation sites excluding steroid dienone is 2. The van der Waals surface area contributed by atoms with Gasteiger partial charge in [-0.1, -0.05) is 19.1 Å². The minimum Gasteiger partial charge on any atom is -0.325 e. The van der Waals surface area contributed by atoms with E-state index < -0.39 is 6.17 Å². The lowest BCUT2D eigenvalue weighted by molar-refractivity contribution is -0.0604. The summed E-state index contributed by atoms with van der Waals surface area (Å²) in [6.45, 7) is 10.3. The van der Waals surface area contributed by atoms with Gasteiger partial charge in [0.05, 0.1) is 0 Å². The summed E-state index contributed by atoms with van der Waals surface area (Å²) in [7, 11) is 0. The first kappa shape index (κ1) is 16.2. The second-order valence-corrected chi connectivity index (χ2v) is 8.44. The van der Waals surface area contributed by atoms with Gasteiger partial charge in [0.2, 0.25) is 0 Å². The second kappa shape index (κ2) is 5.78. The van der Waals surface area contributed by atoms with Crippen LogP contribution in [-0.4, -0.2) is 11.7 Å². The van der Waals surface area contributed by atoms with Crippen LogP contribution in [0.15, 0.2) is 25.3 Å². The van der Waals surface area contributed by atoms with Gasteiger partial charge in [0.25, 0.3) is 0 Å². The summed E-state index contributed by atoms with van der Waals surface area (Å²) in [6, 6.07) is 0. The molecule has 0 radical (unpaired) electrons. The highest BCUT2D eigenvalue weighted by Gasteiger charge is 2.58. The first-order valence-electron chi connectivity index (χ1n) is 9.11. The van der Waals surface area contributed by atoms with Crippen molar-refractivity contribution in [3.8, 4) is 0 Å². The van der Waals surface area contributed by atoms with E-state index in [0.29, 0.717) is 35.5 Å². The fraction of sp³-hybridized carbons (Fsp3) is 0.800. The quantitative estimate of drug-likeness (QED) is 0.725. The van der Waals surface area contributed by atoms with E-state index in [2.05, 4.69) is 26.2 Å². The van der Waals surface area contributed by atoms with Gasteiger partial charge < -0.3 is 5.73 Å². The molecule has 124 valence electrons. The van der Waals surface area contributed by atoms with Crippen molar-refractivity contribution in [2.24, 2.45) is 34.8 Å². The molecule has 0 aromatic heterocycles. The average Bonchev–Trinajstić information content (AvgIpc) is 2.81. The molecular weight excluding hydrogens is 273 g/mol. The SMILES string of the molecule is C=CCCC1(N)CC(F)CC2C1CCC1(C)C(C=C)CCC21. The molecule has 0 saturated heterocycles. The van der Waals surface area contributed by atoms with Gasteiger partial charge in [0, 0.05) is 5.54 Å². The molecular formula is C20H32FN. The monoisotopic (exact) mass is 305 g/mol. The minimum atomic E-state index is -0.721. The third kappa shape index (κ3) is 2.38. The summed E-state index contributed by atoms with van der Waals surface area (Å²) >= 11 is 0. The van der Waals surface area contributed by atoms with Gasteiger partial charge in [-0.15, -0.1) is 13.2 Å². The molecule has 3 saturated carbocycles. The van der Waals surface area contributed by atoms with Crippen LogP contribution in [0.1, 0.15) is 58.3 Å². The zero-order valence-electron chi connectivity index (χ0n) is 14.1. The first-order valence-corrected chi connectivity index (χ1v) is 9.11. The van der Waals surface area contributed by atoms with Crippen molar-refractivity contribution in [1.29, 1.82) is 0 Å². The topological polar surface area (TPSA) is 26.0 Å². The summed E-state index contributed by atoms with van der Waals surface area (Å²) in [4.78, 5) is 0. The third-order valence-electron chi connectivity index (χ3n) is 7.48. The van der Waals surface area contributed by atoms with Gasteiger partial charge in [-0.2, -0.15) is 0 Å². The molecule has 2 heteroatoms. The Bertz CT molecular complexity index is 447. The van der Waals surface area contributed by atoms with Crippen LogP contribution in [0.2, 0.25) is 0 Å². The van der Waals surface area contributed by atoms with Gasteiger partial charge in [-0.3, -0.25) is 0 Å². The Labute approximate surface area is 135 Å². The smallest absolute Gasteiger partial charge is 0.102 e. The van der Waals surface area contributed by atoms with Crippen molar-refractivity contribution in [2.45, 2.75) is 70.0 Å². The predicted molar refractivity (Wildman–Crippen MR) is 91.2 cm³/mol. The van der Waals surface area contributed by atoms with E-state index in [9.17, 15) is 4.39 Å². The Hall–Kier alpha value is -0.630. The third-order valence-corrected chi connectivity index (χ3v) is 7.48. The molecule has 0 aliphatic heterocycles. The van der Waals surface area contributed by atoms with Crippen molar-refractivity contribution in [2.75, 3.05) is 0 Å². The summed E-state index contributed by atoms with van der Waals surface area (Å²) in [5, 5.41) is 0. The lowest BCUT2D eigenvalue weighted by atomic mass is 9.50. The molecule has 2 N–H and O–H groups in total. The Morgan fingerprint density at radius 3 is 2.68 bits per heavy atom. The van der Waals surface area contributed by atoms with Crippen LogP contribution < -0.4 is 5.73 Å². The largest absolute Gasteiger partial charge is 0.325 e. The van der Waals surface area contributed by atoms with E-state index in [1.54, 1.807) is 0 Å². The van der Waals surface area contributed by atoms with Crippen LogP contribution in [-0.2, 0) is 0 Å². The van der Waals surface area contributed by atoms with Crippen molar-refractivity contribution < 1.29 is 4.39 Å². The molecule has 3 fully saturated rings. The average molecular weight is 305 g/mol. The first-order chi connectivity index (χ1) is 10.4. The molecule has 0 heterocycles. The van der Waals surface area contributed by atoms with Crippen LogP contribution in [0, 0.1) is 29.1 Å². The second-order valence-electron chi connectivity index (χ2n) is 8.44. The molecule has 0 aromatic carbocycles. The molecule has 1 nitrogen and oxygen atoms in total. The Kier molecular flexibility index (Phi) is 4.26. The lowest BCUT2D eigenvalue weighted by Crippen LogP contribution is -2.59. The molecule has 3 aliphatic carbocycles. The van der Waals surface area contributed by atoms with E-state index in [0.717, 1.165) is 19.3 Å². The normalized spacial score (nSPS) is 51.0. The van der Waals surface area contributed by atoms with Gasteiger partial charge >= 0.3 is 0 Å². The summed E-state index contributed by atoms with van der Waals surface area (Å²) in [5.74, 6) is 2.22. The van der Waals surface area contributed by atoms with E-state index in [1.807, 2.05) is 6.08 Å². The number of rotatable bonds is 4. The van der Waals surface area contributed by atoms with Gasteiger partial charge in [0.15, 0.2) is 0 Å². The van der Waals surface area contributed by atoms with E-state index >= 15 is 0 Å². The number of hydrogen-bond acceptors (Lipinski definition) is 1. The fourth-order valence-electron chi connectivity index (χ4n) is 6.36. The molecule has 7 unspecified atom stereocenters. The molecule has 3 rings (SSSR count). The van der Waals surface area contributed by atoms with Crippen molar-refractivity contribution in [3.63, 3.8) is 0 Å². The number of halogens is 1. The number of nitrogens with two attached hydrogens (primary N) is 1. The van der Waals surface area contributed by atoms with E-state index in [-0.39, 0.29) is 5.54 Å². The van der Waals surface area contributed by atoms with Crippen LogP contribution >= 0.6 is 0 Å². The van der Waals surface area contributed by atoms with Crippen LogP contribution in [0.4, 0.5) is 4.39 Å². The Morgan fingerprint density at radius 2 is 2.00 bits per heavy atom. The van der Waals surface area contributed by atoms with Crippen molar-refractivity contribution >= 4 is 0 Å². The van der Waals surface area contributed by atoms with Gasteiger partial charge in [-0.25, -0.2) is 4.39 Å². The van der Waals surface area contributed by atoms with Gasteiger partial charge in [-0.05, 0) is 80.5 Å². The van der Waals surface area contributed by atoms with Crippen LogP contribution in [0.3, 0.4) is 0 Å². The number of alkyl halides is 1. The predicted octanol–water partition coefficient (Wildman–Crippen LogP) is 5.03. The maximum atomic E-state index is 14.5. The summed E-state index contributed by atoms with van der Waals surface area (Å²) < 4.78 is 14.5. The number of hydrogen-bond donors (Lipinski definition) is 1. The highest BCUT2D eigenvalue weighted by atomic mass is 19.1. The molecule has 7 atom stereocenters. The Morgan fingerprint density at radius 1 is 1.23 bits per heavy atom. The highest BCUT2D eigenvalue weighted by Crippen LogP contribution is 2.63. The standard InChI is InChI=1S/C20H32FN/c1-4-6-10-20(22)13-15(21)12-16-17-8-7-14(5-2)19(17,3)11-9-18(16)20/h4-5,14-18H,1-2,6-13,22H2,3H3. The molecule has 22 heavy (non-hydrogen) atoms. The van der Waals surface area contributed by atoms with Gasteiger partial charge in [0.1, 0.15) is 6.17 Å². The summed E-state index contributed by atoms with van der Waals surface area (Å²) in [5.41, 5.74) is 6.79. The Balaban J connectivity index is 1.87. The molecule has 0 amide bonds. The molecule has 0 spiro atoms. The lowest BCUT2D eigenvalue weighted by Gasteiger charge is -2.56. The zero-order valence-corrected chi connectivity index (χ0v) is 14.1. The van der Waals surface area contributed by atoms with Crippen molar-refractivity contribution in [3.05, 3.63) is 25.3 Å². The fourth-order valence-corrected chi connectivity index (χ4v) is 6.36. The minimum absolute atomic E-state index is 0.315. The molecule has 0 bridgehead atoms. The maximum Gasteiger partial charge on any atom is 0.102 e. The van der Waals surface area contributed by atoms with Crippen LogP contribution in [0.5, 0.6) is 0 Å². The zero-order chi connectivity index (χ0) is 16.0. The van der Waals surface area contributed by atoms with Crippen molar-refractivity contribution in [1.82, 2.24) is 0 Å². The maximum absolute atomic E-state index is 14.5. The molecule has 0 aromatic rings. The number of fused-ring (bicyclic) bond motifs is 3.